The lowest BCUT2D eigenvalue weighted by Crippen LogP contribution is -2.33. The summed E-state index contributed by atoms with van der Waals surface area (Å²) in [5, 5.41) is 0. The van der Waals surface area contributed by atoms with Gasteiger partial charge in [-0.25, -0.2) is 9.18 Å². The second-order valence-corrected chi connectivity index (χ2v) is 5.78. The Bertz CT molecular complexity index is 989. The first-order valence-electron chi connectivity index (χ1n) is 7.72. The van der Waals surface area contributed by atoms with Gasteiger partial charge in [-0.2, -0.15) is 0 Å². The zero-order valence-corrected chi connectivity index (χ0v) is 13.9. The average molecular weight is 343 g/mol. The van der Waals surface area contributed by atoms with Crippen LogP contribution in [0.15, 0.2) is 47.3 Å². The van der Waals surface area contributed by atoms with Gasteiger partial charge in [-0.3, -0.25) is 13.9 Å². The Morgan fingerprint density at radius 2 is 1.92 bits per heavy atom. The molecule has 0 bridgehead atoms. The lowest BCUT2D eigenvalue weighted by atomic mass is 10.1. The van der Waals surface area contributed by atoms with Crippen LogP contribution in [-0.4, -0.2) is 28.3 Å². The fourth-order valence-corrected chi connectivity index (χ4v) is 2.85. The molecule has 0 aliphatic carbocycles. The van der Waals surface area contributed by atoms with Crippen molar-refractivity contribution in [2.45, 2.75) is 12.5 Å². The number of aromatic nitrogens is 2. The number of halogens is 1. The van der Waals surface area contributed by atoms with Crippen molar-refractivity contribution in [1.29, 1.82) is 0 Å². The molecule has 3 rings (SSSR count). The van der Waals surface area contributed by atoms with Crippen LogP contribution in [0.25, 0.3) is 16.7 Å². The molecule has 0 fully saturated rings. The van der Waals surface area contributed by atoms with Gasteiger partial charge < -0.3 is 10.5 Å². The van der Waals surface area contributed by atoms with Crippen LogP contribution in [0.5, 0.6) is 0 Å². The Morgan fingerprint density at radius 3 is 2.56 bits per heavy atom. The molecule has 2 N–H and O–H groups in total. The predicted octanol–water partition coefficient (Wildman–Crippen LogP) is 1.51. The summed E-state index contributed by atoms with van der Waals surface area (Å²) in [7, 11) is 2.89. The number of ether oxygens (including phenoxy) is 1. The van der Waals surface area contributed by atoms with E-state index in [1.54, 1.807) is 43.4 Å². The molecule has 3 aromatic rings. The molecule has 0 saturated carbocycles. The van der Waals surface area contributed by atoms with Gasteiger partial charge in [0.2, 0.25) is 0 Å². The predicted molar refractivity (Wildman–Crippen MR) is 92.2 cm³/mol. The number of hydrogen-bond donors (Lipinski definition) is 1. The standard InChI is InChI=1S/C18H18FN3O3/c1-21-15-5-3-4-13(19)16(15)22(18(21)24)12-8-6-11(7-9-12)10-14(20)17(23)25-2/h3-9,14H,10,20H2,1-2H3/t14-/m0/s1. The summed E-state index contributed by atoms with van der Waals surface area (Å²) >= 11 is 0. The maximum absolute atomic E-state index is 14.3. The summed E-state index contributed by atoms with van der Waals surface area (Å²) in [6.45, 7) is 0. The molecule has 1 heterocycles. The van der Waals surface area contributed by atoms with E-state index in [1.807, 2.05) is 0 Å². The second-order valence-electron chi connectivity index (χ2n) is 5.78. The molecule has 7 heteroatoms. The number of carbonyl (C=O) groups is 1. The minimum Gasteiger partial charge on any atom is -0.468 e. The van der Waals surface area contributed by atoms with Gasteiger partial charge in [-0.1, -0.05) is 18.2 Å². The molecule has 0 saturated heterocycles. The highest BCUT2D eigenvalue weighted by Gasteiger charge is 2.17. The van der Waals surface area contributed by atoms with E-state index in [1.165, 1.54) is 22.3 Å². The topological polar surface area (TPSA) is 79.2 Å². The summed E-state index contributed by atoms with van der Waals surface area (Å²) in [5.74, 6) is -0.955. The summed E-state index contributed by atoms with van der Waals surface area (Å²) in [5.41, 5.74) is 7.51. The number of hydrogen-bond acceptors (Lipinski definition) is 4. The number of esters is 1. The number of imidazole rings is 1. The summed E-state index contributed by atoms with van der Waals surface area (Å²) in [4.78, 5) is 23.9. The minimum absolute atomic E-state index is 0.231. The summed E-state index contributed by atoms with van der Waals surface area (Å²) < 4.78 is 21.6. The first kappa shape index (κ1) is 16.9. The number of nitrogens with two attached hydrogens (primary N) is 1. The number of para-hydroxylation sites is 1. The van der Waals surface area contributed by atoms with E-state index in [9.17, 15) is 14.0 Å². The summed E-state index contributed by atoms with van der Waals surface area (Å²) in [6, 6.07) is 10.7. The number of methoxy groups -OCH3 is 1. The Kier molecular flexibility index (Phi) is 4.41. The van der Waals surface area contributed by atoms with Gasteiger partial charge in [-0.15, -0.1) is 0 Å². The zero-order valence-electron chi connectivity index (χ0n) is 13.9. The second kappa shape index (κ2) is 6.52. The molecule has 0 amide bonds. The molecule has 0 spiro atoms. The molecule has 6 nitrogen and oxygen atoms in total. The quantitative estimate of drug-likeness (QED) is 0.728. The smallest absolute Gasteiger partial charge is 0.333 e. The van der Waals surface area contributed by atoms with E-state index in [0.29, 0.717) is 17.6 Å². The Morgan fingerprint density at radius 1 is 1.24 bits per heavy atom. The van der Waals surface area contributed by atoms with Gasteiger partial charge >= 0.3 is 11.7 Å². The van der Waals surface area contributed by atoms with Gasteiger partial charge in [0.15, 0.2) is 0 Å². The van der Waals surface area contributed by atoms with E-state index in [0.717, 1.165) is 5.56 Å². The van der Waals surface area contributed by atoms with Crippen molar-refractivity contribution in [3.63, 3.8) is 0 Å². The van der Waals surface area contributed by atoms with Crippen molar-refractivity contribution in [2.24, 2.45) is 12.8 Å². The van der Waals surface area contributed by atoms with Crippen LogP contribution in [0.2, 0.25) is 0 Å². The number of fused-ring (bicyclic) bond motifs is 1. The van der Waals surface area contributed by atoms with Crippen LogP contribution >= 0.6 is 0 Å². The van der Waals surface area contributed by atoms with Crippen LogP contribution in [0, 0.1) is 5.82 Å². The Hall–Kier alpha value is -2.93. The van der Waals surface area contributed by atoms with Crippen molar-refractivity contribution < 1.29 is 13.9 Å². The van der Waals surface area contributed by atoms with Crippen LogP contribution in [0.3, 0.4) is 0 Å². The van der Waals surface area contributed by atoms with Crippen LogP contribution in [-0.2, 0) is 23.0 Å². The lowest BCUT2D eigenvalue weighted by Gasteiger charge is -2.10. The first-order chi connectivity index (χ1) is 11.9. The molecule has 25 heavy (non-hydrogen) atoms. The van der Waals surface area contributed by atoms with Gasteiger partial charge in [0.1, 0.15) is 17.4 Å². The molecule has 0 aliphatic rings. The SMILES string of the molecule is COC(=O)[C@@H](N)Cc1ccc(-n2c(=O)n(C)c3cccc(F)c32)cc1. The number of carbonyl (C=O) groups excluding carboxylic acids is 1. The van der Waals surface area contributed by atoms with Crippen LogP contribution in [0.4, 0.5) is 4.39 Å². The Labute approximate surface area is 143 Å². The lowest BCUT2D eigenvalue weighted by molar-refractivity contribution is -0.142. The molecule has 0 radical (unpaired) electrons. The van der Waals surface area contributed by atoms with Crippen LogP contribution < -0.4 is 11.4 Å². The summed E-state index contributed by atoms with van der Waals surface area (Å²) in [6.07, 6.45) is 0.311. The normalized spacial score (nSPS) is 12.3. The molecular formula is C18H18FN3O3. The van der Waals surface area contributed by atoms with E-state index >= 15 is 0 Å². The minimum atomic E-state index is -0.756. The number of benzene rings is 2. The highest BCUT2D eigenvalue weighted by atomic mass is 19.1. The number of nitrogens with zero attached hydrogens (tertiary/aromatic N) is 2. The Balaban J connectivity index is 2.01. The maximum Gasteiger partial charge on any atom is 0.333 e. The maximum atomic E-state index is 14.3. The van der Waals surface area contributed by atoms with Gasteiger partial charge in [0, 0.05) is 7.05 Å². The number of aryl methyl sites for hydroxylation is 1. The average Bonchev–Trinajstić information content (AvgIpc) is 2.88. The monoisotopic (exact) mass is 343 g/mol. The van der Waals surface area contributed by atoms with Crippen molar-refractivity contribution in [2.75, 3.05) is 7.11 Å². The molecule has 0 unspecified atom stereocenters. The van der Waals surface area contributed by atoms with E-state index in [-0.39, 0.29) is 11.2 Å². The molecule has 2 aromatic carbocycles. The third-order valence-electron chi connectivity index (χ3n) is 4.18. The third-order valence-corrected chi connectivity index (χ3v) is 4.18. The van der Waals surface area contributed by atoms with Crippen molar-refractivity contribution in [1.82, 2.24) is 9.13 Å². The van der Waals surface area contributed by atoms with Crippen molar-refractivity contribution >= 4 is 17.0 Å². The highest BCUT2D eigenvalue weighted by Crippen LogP contribution is 2.20. The van der Waals surface area contributed by atoms with Gasteiger partial charge in [0.25, 0.3) is 0 Å². The van der Waals surface area contributed by atoms with Crippen LogP contribution in [0.1, 0.15) is 5.56 Å². The fraction of sp³-hybridized carbons (Fsp3) is 0.222. The van der Waals surface area contributed by atoms with E-state index in [2.05, 4.69) is 4.74 Å². The largest absolute Gasteiger partial charge is 0.468 e. The van der Waals surface area contributed by atoms with Gasteiger partial charge in [-0.05, 0) is 36.2 Å². The molecule has 1 atom stereocenters. The molecule has 130 valence electrons. The third kappa shape index (κ3) is 2.94. The number of rotatable bonds is 4. The van der Waals surface area contributed by atoms with Gasteiger partial charge in [0.05, 0.1) is 18.3 Å². The van der Waals surface area contributed by atoms with E-state index < -0.39 is 17.8 Å². The fourth-order valence-electron chi connectivity index (χ4n) is 2.85. The van der Waals surface area contributed by atoms with Crippen molar-refractivity contribution in [3.8, 4) is 5.69 Å². The van der Waals surface area contributed by atoms with E-state index in [4.69, 9.17) is 5.73 Å². The highest BCUT2D eigenvalue weighted by molar-refractivity contribution is 5.79. The molecule has 0 aliphatic heterocycles. The molecular weight excluding hydrogens is 325 g/mol. The molecule has 1 aromatic heterocycles. The van der Waals surface area contributed by atoms with Crippen molar-refractivity contribution in [3.05, 3.63) is 64.3 Å². The zero-order chi connectivity index (χ0) is 18.1. The first-order valence-corrected chi connectivity index (χ1v) is 7.72.